The van der Waals surface area contributed by atoms with Crippen LogP contribution in [0.1, 0.15) is 46.0 Å². The van der Waals surface area contributed by atoms with Crippen LogP contribution in [-0.2, 0) is 9.47 Å². The monoisotopic (exact) mass is 285 g/mol. The van der Waals surface area contributed by atoms with Crippen molar-refractivity contribution in [2.24, 2.45) is 0 Å². The molecular formula is C15H27NO2S. The van der Waals surface area contributed by atoms with Crippen LogP contribution in [0, 0.1) is 0 Å². The summed E-state index contributed by atoms with van der Waals surface area (Å²) in [5.74, 6) is 2.53. The second kappa shape index (κ2) is 5.55. The lowest BCUT2D eigenvalue weighted by Gasteiger charge is -2.46. The maximum absolute atomic E-state index is 6.18. The first kappa shape index (κ1) is 14.2. The highest BCUT2D eigenvalue weighted by Gasteiger charge is 2.43. The zero-order valence-corrected chi connectivity index (χ0v) is 13.1. The molecule has 3 saturated heterocycles. The molecule has 19 heavy (non-hydrogen) atoms. The van der Waals surface area contributed by atoms with Gasteiger partial charge in [-0.25, -0.2) is 0 Å². The van der Waals surface area contributed by atoms with Crippen molar-refractivity contribution in [1.29, 1.82) is 0 Å². The molecule has 0 bridgehead atoms. The van der Waals surface area contributed by atoms with Crippen LogP contribution in [0.15, 0.2) is 0 Å². The van der Waals surface area contributed by atoms with Crippen molar-refractivity contribution in [2.45, 2.75) is 69.2 Å². The zero-order chi connectivity index (χ0) is 13.3. The lowest BCUT2D eigenvalue weighted by Crippen LogP contribution is -2.57. The maximum Gasteiger partial charge on any atom is 0.0726 e. The molecule has 3 heterocycles. The fourth-order valence-electron chi connectivity index (χ4n) is 3.73. The first-order chi connectivity index (χ1) is 9.12. The van der Waals surface area contributed by atoms with E-state index in [-0.39, 0.29) is 11.1 Å². The largest absolute Gasteiger partial charge is 0.377 e. The number of nitrogens with one attached hydrogen (secondary N) is 1. The van der Waals surface area contributed by atoms with Gasteiger partial charge in [0, 0.05) is 24.8 Å². The predicted molar refractivity (Wildman–Crippen MR) is 79.8 cm³/mol. The van der Waals surface area contributed by atoms with Gasteiger partial charge in [0.1, 0.15) is 0 Å². The second-order valence-corrected chi connectivity index (χ2v) is 7.88. The minimum absolute atomic E-state index is 0.159. The third-order valence-corrected chi connectivity index (χ3v) is 6.30. The Kier molecular flexibility index (Phi) is 4.14. The molecule has 0 radical (unpaired) electrons. The first-order valence-electron chi connectivity index (χ1n) is 7.73. The van der Waals surface area contributed by atoms with Gasteiger partial charge in [-0.05, 0) is 57.5 Å². The van der Waals surface area contributed by atoms with E-state index in [4.69, 9.17) is 9.47 Å². The SMILES string of the molecule is CC1OCCC1(C)NC1CCOC2(CCSCC2)C1. The van der Waals surface area contributed by atoms with E-state index in [9.17, 15) is 0 Å². The molecule has 0 aliphatic carbocycles. The van der Waals surface area contributed by atoms with Gasteiger partial charge < -0.3 is 14.8 Å². The summed E-state index contributed by atoms with van der Waals surface area (Å²) in [6, 6.07) is 0.603. The smallest absolute Gasteiger partial charge is 0.0726 e. The number of ether oxygens (including phenoxy) is 2. The molecular weight excluding hydrogens is 258 g/mol. The summed E-state index contributed by atoms with van der Waals surface area (Å²) in [6.07, 6.45) is 6.27. The maximum atomic E-state index is 6.18. The first-order valence-corrected chi connectivity index (χ1v) is 8.88. The Morgan fingerprint density at radius 2 is 1.95 bits per heavy atom. The van der Waals surface area contributed by atoms with Crippen LogP contribution in [-0.4, -0.2) is 48.0 Å². The lowest BCUT2D eigenvalue weighted by molar-refractivity contribution is -0.0970. The number of hydrogen-bond donors (Lipinski definition) is 1. The van der Waals surface area contributed by atoms with E-state index in [0.29, 0.717) is 12.1 Å². The minimum Gasteiger partial charge on any atom is -0.377 e. The average molecular weight is 285 g/mol. The van der Waals surface area contributed by atoms with Crippen LogP contribution in [0.2, 0.25) is 0 Å². The van der Waals surface area contributed by atoms with Crippen molar-refractivity contribution in [1.82, 2.24) is 5.32 Å². The van der Waals surface area contributed by atoms with Gasteiger partial charge in [0.05, 0.1) is 11.7 Å². The van der Waals surface area contributed by atoms with E-state index in [0.717, 1.165) is 26.1 Å². The van der Waals surface area contributed by atoms with Gasteiger partial charge in [-0.2, -0.15) is 11.8 Å². The quantitative estimate of drug-likeness (QED) is 0.845. The van der Waals surface area contributed by atoms with Gasteiger partial charge in [0.2, 0.25) is 0 Å². The number of hydrogen-bond acceptors (Lipinski definition) is 4. The molecule has 110 valence electrons. The van der Waals surface area contributed by atoms with Crippen LogP contribution in [0.3, 0.4) is 0 Å². The molecule has 1 spiro atoms. The Morgan fingerprint density at radius 3 is 2.63 bits per heavy atom. The van der Waals surface area contributed by atoms with Gasteiger partial charge in [0.25, 0.3) is 0 Å². The van der Waals surface area contributed by atoms with Crippen molar-refractivity contribution in [3.63, 3.8) is 0 Å². The Balaban J connectivity index is 1.62. The molecule has 3 aliphatic heterocycles. The fourth-order valence-corrected chi connectivity index (χ4v) is 4.97. The number of thioether (sulfide) groups is 1. The van der Waals surface area contributed by atoms with E-state index in [1.807, 2.05) is 0 Å². The fraction of sp³-hybridized carbons (Fsp3) is 1.00. The molecule has 3 nitrogen and oxygen atoms in total. The Morgan fingerprint density at radius 1 is 1.16 bits per heavy atom. The summed E-state index contributed by atoms with van der Waals surface area (Å²) in [5.41, 5.74) is 0.340. The molecule has 0 aromatic carbocycles. The summed E-state index contributed by atoms with van der Waals surface area (Å²) >= 11 is 2.08. The van der Waals surface area contributed by atoms with Crippen molar-refractivity contribution < 1.29 is 9.47 Å². The van der Waals surface area contributed by atoms with Crippen molar-refractivity contribution in [3.05, 3.63) is 0 Å². The number of rotatable bonds is 2. The Hall–Kier alpha value is 0.230. The van der Waals surface area contributed by atoms with Crippen molar-refractivity contribution in [3.8, 4) is 0 Å². The van der Waals surface area contributed by atoms with Crippen LogP contribution >= 0.6 is 11.8 Å². The van der Waals surface area contributed by atoms with E-state index >= 15 is 0 Å². The van der Waals surface area contributed by atoms with Crippen LogP contribution in [0.25, 0.3) is 0 Å². The van der Waals surface area contributed by atoms with E-state index in [1.165, 1.54) is 30.8 Å². The highest BCUT2D eigenvalue weighted by molar-refractivity contribution is 7.99. The normalized spacial score (nSPS) is 42.6. The van der Waals surface area contributed by atoms with Gasteiger partial charge in [-0.3, -0.25) is 0 Å². The topological polar surface area (TPSA) is 30.5 Å². The molecule has 3 rings (SSSR count). The van der Waals surface area contributed by atoms with E-state index < -0.39 is 0 Å². The Bertz CT molecular complexity index is 314. The van der Waals surface area contributed by atoms with E-state index in [1.54, 1.807) is 0 Å². The summed E-state index contributed by atoms with van der Waals surface area (Å²) in [7, 11) is 0. The zero-order valence-electron chi connectivity index (χ0n) is 12.2. The highest BCUT2D eigenvalue weighted by Crippen LogP contribution is 2.38. The molecule has 0 saturated carbocycles. The van der Waals surface area contributed by atoms with Gasteiger partial charge >= 0.3 is 0 Å². The Labute approximate surface area is 121 Å². The summed E-state index contributed by atoms with van der Waals surface area (Å²) in [4.78, 5) is 0. The molecule has 3 unspecified atom stereocenters. The molecule has 0 amide bonds. The highest BCUT2D eigenvalue weighted by atomic mass is 32.2. The molecule has 0 aromatic heterocycles. The second-order valence-electron chi connectivity index (χ2n) is 6.66. The minimum atomic E-state index is 0.159. The third-order valence-electron chi connectivity index (χ3n) is 5.32. The van der Waals surface area contributed by atoms with Gasteiger partial charge in [-0.1, -0.05) is 0 Å². The van der Waals surface area contributed by atoms with E-state index in [2.05, 4.69) is 30.9 Å². The molecule has 1 N–H and O–H groups in total. The van der Waals surface area contributed by atoms with Gasteiger partial charge in [-0.15, -0.1) is 0 Å². The average Bonchev–Trinajstić information content (AvgIpc) is 2.70. The predicted octanol–water partition coefficient (Wildman–Crippen LogP) is 2.59. The van der Waals surface area contributed by atoms with Crippen LogP contribution in [0.5, 0.6) is 0 Å². The standard InChI is InChI=1S/C15H27NO2S/c1-12-14(2,4-8-17-12)16-13-3-7-18-15(11-13)5-9-19-10-6-15/h12-13,16H,3-11H2,1-2H3. The molecule has 4 heteroatoms. The van der Waals surface area contributed by atoms with Gasteiger partial charge in [0.15, 0.2) is 0 Å². The van der Waals surface area contributed by atoms with Crippen molar-refractivity contribution >= 4 is 11.8 Å². The van der Waals surface area contributed by atoms with Crippen LogP contribution in [0.4, 0.5) is 0 Å². The molecule has 3 atom stereocenters. The summed E-state index contributed by atoms with van der Waals surface area (Å²) < 4.78 is 11.9. The summed E-state index contributed by atoms with van der Waals surface area (Å²) in [5, 5.41) is 3.90. The third kappa shape index (κ3) is 2.97. The van der Waals surface area contributed by atoms with Crippen LogP contribution < -0.4 is 5.32 Å². The molecule has 0 aromatic rings. The summed E-state index contributed by atoms with van der Waals surface area (Å²) in [6.45, 7) is 6.35. The molecule has 3 aliphatic rings. The lowest BCUT2D eigenvalue weighted by atomic mass is 9.83. The molecule has 3 fully saturated rings. The van der Waals surface area contributed by atoms with Crippen molar-refractivity contribution in [2.75, 3.05) is 24.7 Å².